The largest absolute Gasteiger partial charge is 0.497 e. The van der Waals surface area contributed by atoms with Gasteiger partial charge in [-0.15, -0.1) is 0 Å². The molecule has 7 heteroatoms. The topological polar surface area (TPSA) is 105 Å². The van der Waals surface area contributed by atoms with Crippen LogP contribution in [0.5, 0.6) is 5.75 Å². The first-order chi connectivity index (χ1) is 9.93. The molecule has 1 unspecified atom stereocenters. The molecule has 0 saturated carbocycles. The number of methoxy groups -OCH3 is 1. The smallest absolute Gasteiger partial charge is 0.325 e. The van der Waals surface area contributed by atoms with E-state index in [1.165, 1.54) is 0 Å². The number of carbonyl (C=O) groups excluding carboxylic acids is 1. The first kappa shape index (κ1) is 15.3. The van der Waals surface area contributed by atoms with Gasteiger partial charge >= 0.3 is 5.97 Å². The molecule has 0 spiro atoms. The summed E-state index contributed by atoms with van der Waals surface area (Å²) in [5.41, 5.74) is 5.18. The lowest BCUT2D eigenvalue weighted by molar-refractivity contribution is -0.143. The van der Waals surface area contributed by atoms with Crippen LogP contribution in [0, 0.1) is 0 Å². The van der Waals surface area contributed by atoms with E-state index in [4.69, 9.17) is 15.6 Å². The molecule has 1 fully saturated rings. The molecule has 21 heavy (non-hydrogen) atoms. The highest BCUT2D eigenvalue weighted by molar-refractivity contribution is 5.92. The number of ether oxygens (including phenoxy) is 1. The molecule has 0 aliphatic carbocycles. The zero-order valence-electron chi connectivity index (χ0n) is 11.8. The van der Waals surface area contributed by atoms with Gasteiger partial charge < -0.3 is 20.9 Å². The number of nitrogens with zero attached hydrogens (tertiary/aromatic N) is 1. The van der Waals surface area contributed by atoms with Crippen molar-refractivity contribution < 1.29 is 19.4 Å². The third-order valence-electron chi connectivity index (χ3n) is 3.55. The van der Waals surface area contributed by atoms with Crippen molar-refractivity contribution in [3.63, 3.8) is 0 Å². The molecule has 1 atom stereocenters. The molecule has 0 radical (unpaired) electrons. The third kappa shape index (κ3) is 3.71. The van der Waals surface area contributed by atoms with Crippen LogP contribution in [0.1, 0.15) is 6.42 Å². The minimum absolute atomic E-state index is 0.123. The first-order valence-electron chi connectivity index (χ1n) is 6.61. The van der Waals surface area contributed by atoms with E-state index in [9.17, 15) is 9.59 Å². The minimum atomic E-state index is -1.25. The summed E-state index contributed by atoms with van der Waals surface area (Å²) in [4.78, 5) is 24.7. The average Bonchev–Trinajstić information content (AvgIpc) is 2.82. The van der Waals surface area contributed by atoms with Crippen molar-refractivity contribution >= 4 is 17.6 Å². The van der Waals surface area contributed by atoms with E-state index in [1.54, 1.807) is 36.3 Å². The molecule has 1 heterocycles. The highest BCUT2D eigenvalue weighted by Crippen LogP contribution is 2.19. The Morgan fingerprint density at radius 2 is 2.10 bits per heavy atom. The molecule has 4 N–H and O–H groups in total. The lowest BCUT2D eigenvalue weighted by Gasteiger charge is -2.19. The molecule has 1 aliphatic heterocycles. The van der Waals surface area contributed by atoms with E-state index in [0.717, 1.165) is 0 Å². The first-order valence-corrected chi connectivity index (χ1v) is 6.61. The second kappa shape index (κ2) is 6.11. The molecule has 114 valence electrons. The molecule has 1 saturated heterocycles. The van der Waals surface area contributed by atoms with E-state index in [0.29, 0.717) is 24.4 Å². The molecule has 0 aromatic heterocycles. The fourth-order valence-electron chi connectivity index (χ4n) is 2.30. The van der Waals surface area contributed by atoms with Crippen LogP contribution >= 0.6 is 0 Å². The molecule has 2 rings (SSSR count). The van der Waals surface area contributed by atoms with Gasteiger partial charge in [-0.05, 0) is 30.7 Å². The summed E-state index contributed by atoms with van der Waals surface area (Å²) in [5.74, 6) is -0.516. The summed E-state index contributed by atoms with van der Waals surface area (Å²) in [6, 6.07) is 6.98. The van der Waals surface area contributed by atoms with E-state index in [2.05, 4.69) is 5.32 Å². The van der Waals surface area contributed by atoms with Crippen molar-refractivity contribution in [3.05, 3.63) is 24.3 Å². The molecule has 7 nitrogen and oxygen atoms in total. The summed E-state index contributed by atoms with van der Waals surface area (Å²) in [5, 5.41) is 11.8. The van der Waals surface area contributed by atoms with Crippen molar-refractivity contribution in [3.8, 4) is 5.75 Å². The Bertz CT molecular complexity index is 532. The number of benzene rings is 1. The summed E-state index contributed by atoms with van der Waals surface area (Å²) >= 11 is 0. The van der Waals surface area contributed by atoms with E-state index in [-0.39, 0.29) is 19.0 Å². The van der Waals surface area contributed by atoms with Crippen LogP contribution in [0.15, 0.2) is 24.3 Å². The summed E-state index contributed by atoms with van der Waals surface area (Å²) in [7, 11) is 1.57. The molecular formula is C14H19N3O4. The standard InChI is InChI=1S/C14H19N3O4/c1-21-11-4-2-10(3-5-11)16-12(18)8-17-7-6-14(15,9-17)13(19)20/h2-5H,6-9,15H2,1H3,(H,16,18)(H,19,20). The lowest BCUT2D eigenvalue weighted by atomic mass is 10.0. The molecular weight excluding hydrogens is 274 g/mol. The Morgan fingerprint density at radius 1 is 1.43 bits per heavy atom. The van der Waals surface area contributed by atoms with Crippen molar-refractivity contribution in [2.24, 2.45) is 5.73 Å². The highest BCUT2D eigenvalue weighted by atomic mass is 16.5. The van der Waals surface area contributed by atoms with Gasteiger partial charge in [-0.3, -0.25) is 14.5 Å². The number of aliphatic carboxylic acids is 1. The van der Waals surface area contributed by atoms with Gasteiger partial charge in [0.25, 0.3) is 0 Å². The van der Waals surface area contributed by atoms with Gasteiger partial charge in [0, 0.05) is 18.8 Å². The number of hydrogen-bond acceptors (Lipinski definition) is 5. The van der Waals surface area contributed by atoms with E-state index in [1.807, 2.05) is 0 Å². The minimum Gasteiger partial charge on any atom is -0.497 e. The van der Waals surface area contributed by atoms with Crippen LogP contribution in [-0.2, 0) is 9.59 Å². The lowest BCUT2D eigenvalue weighted by Crippen LogP contribution is -2.50. The van der Waals surface area contributed by atoms with Crippen molar-refractivity contribution in [1.82, 2.24) is 4.90 Å². The Kier molecular flexibility index (Phi) is 4.44. The predicted molar refractivity (Wildman–Crippen MR) is 77.2 cm³/mol. The second-order valence-corrected chi connectivity index (χ2v) is 5.20. The maximum absolute atomic E-state index is 11.9. The number of likely N-dealkylation sites (tertiary alicyclic amines) is 1. The maximum Gasteiger partial charge on any atom is 0.325 e. The summed E-state index contributed by atoms with van der Waals surface area (Å²) < 4.78 is 5.04. The van der Waals surface area contributed by atoms with Gasteiger partial charge in [-0.1, -0.05) is 0 Å². The zero-order chi connectivity index (χ0) is 15.5. The van der Waals surface area contributed by atoms with Crippen LogP contribution in [0.2, 0.25) is 0 Å². The monoisotopic (exact) mass is 293 g/mol. The van der Waals surface area contributed by atoms with Crippen molar-refractivity contribution in [2.75, 3.05) is 32.1 Å². The van der Waals surface area contributed by atoms with Gasteiger partial charge in [0.2, 0.25) is 5.91 Å². The van der Waals surface area contributed by atoms with E-state index < -0.39 is 11.5 Å². The van der Waals surface area contributed by atoms with Crippen LogP contribution in [0.3, 0.4) is 0 Å². The zero-order valence-corrected chi connectivity index (χ0v) is 11.8. The van der Waals surface area contributed by atoms with Crippen LogP contribution < -0.4 is 15.8 Å². The predicted octanol–water partition coefficient (Wildman–Crippen LogP) is 0.122. The number of carboxylic acid groups (broad SMARTS) is 1. The van der Waals surface area contributed by atoms with Gasteiger partial charge in [0.05, 0.1) is 13.7 Å². The Balaban J connectivity index is 1.86. The third-order valence-corrected chi connectivity index (χ3v) is 3.55. The second-order valence-electron chi connectivity index (χ2n) is 5.20. The van der Waals surface area contributed by atoms with Gasteiger partial charge in [-0.2, -0.15) is 0 Å². The number of carbonyl (C=O) groups is 2. The molecule has 1 aromatic carbocycles. The summed E-state index contributed by atoms with van der Waals surface area (Å²) in [6.45, 7) is 0.801. The van der Waals surface area contributed by atoms with Crippen molar-refractivity contribution in [2.45, 2.75) is 12.0 Å². The number of hydrogen-bond donors (Lipinski definition) is 3. The Labute approximate surface area is 122 Å². The SMILES string of the molecule is COc1ccc(NC(=O)CN2CCC(N)(C(=O)O)C2)cc1. The fourth-order valence-corrected chi connectivity index (χ4v) is 2.30. The van der Waals surface area contributed by atoms with Gasteiger partial charge in [0.1, 0.15) is 11.3 Å². The molecule has 0 bridgehead atoms. The van der Waals surface area contributed by atoms with Gasteiger partial charge in [0.15, 0.2) is 0 Å². The number of nitrogens with two attached hydrogens (primary N) is 1. The normalized spacial score (nSPS) is 22.0. The Hall–Kier alpha value is -2.12. The number of amides is 1. The Morgan fingerprint density at radius 3 is 2.62 bits per heavy atom. The maximum atomic E-state index is 11.9. The van der Waals surface area contributed by atoms with Crippen LogP contribution in [0.4, 0.5) is 5.69 Å². The summed E-state index contributed by atoms with van der Waals surface area (Å²) in [6.07, 6.45) is 0.345. The van der Waals surface area contributed by atoms with Crippen LogP contribution in [0.25, 0.3) is 0 Å². The van der Waals surface area contributed by atoms with Gasteiger partial charge in [-0.25, -0.2) is 0 Å². The molecule has 1 aliphatic rings. The average molecular weight is 293 g/mol. The number of rotatable bonds is 5. The highest BCUT2D eigenvalue weighted by Gasteiger charge is 2.41. The number of carboxylic acids is 1. The molecule has 1 aromatic rings. The fraction of sp³-hybridized carbons (Fsp3) is 0.429. The molecule has 1 amide bonds. The van der Waals surface area contributed by atoms with Crippen molar-refractivity contribution in [1.29, 1.82) is 0 Å². The number of nitrogens with one attached hydrogen (secondary N) is 1. The number of anilines is 1. The van der Waals surface area contributed by atoms with E-state index >= 15 is 0 Å². The van der Waals surface area contributed by atoms with Crippen LogP contribution in [-0.4, -0.2) is 54.2 Å². The quantitative estimate of drug-likeness (QED) is 0.712.